The van der Waals surface area contributed by atoms with Crippen molar-refractivity contribution in [1.29, 1.82) is 0 Å². The third-order valence-corrected chi connectivity index (χ3v) is 15.2. The summed E-state index contributed by atoms with van der Waals surface area (Å²) in [4.78, 5) is 56.2. The van der Waals surface area contributed by atoms with Gasteiger partial charge in [-0.15, -0.1) is 4.15 Å². The molecule has 24 nitrogen and oxygen atoms in total. The number of nitrogens with zero attached hydrogens (tertiary/aromatic N) is 10. The number of carbonyl (C=O) groups is 2. The number of rotatable bonds is 23. The molecular formula is C46H55N12O12PS. The lowest BCUT2D eigenvalue weighted by Crippen LogP contribution is -2.33. The molecule has 1 unspecified atom stereocenters. The topological polar surface area (TPSA) is 270 Å². The Balaban J connectivity index is 1.09. The van der Waals surface area contributed by atoms with Gasteiger partial charge in [0.1, 0.15) is 50.0 Å². The molecule has 0 radical (unpaired) electrons. The fraction of sp³-hybridized carbons (Fsp3) is 0.457. The van der Waals surface area contributed by atoms with Gasteiger partial charge < -0.3 is 39.2 Å². The van der Waals surface area contributed by atoms with Crippen molar-refractivity contribution >= 4 is 63.5 Å². The van der Waals surface area contributed by atoms with Gasteiger partial charge in [-0.3, -0.25) is 32.3 Å². The molecule has 0 spiro atoms. The van der Waals surface area contributed by atoms with Gasteiger partial charge in [-0.1, -0.05) is 36.4 Å². The number of sulfonamides is 1. The van der Waals surface area contributed by atoms with Crippen molar-refractivity contribution < 1.29 is 55.3 Å². The highest BCUT2D eigenvalue weighted by Crippen LogP contribution is 2.58. The number of hydrogen-bond acceptors (Lipinski definition) is 18. The zero-order valence-corrected chi connectivity index (χ0v) is 41.8. The van der Waals surface area contributed by atoms with E-state index in [1.165, 1.54) is 32.4 Å². The van der Waals surface area contributed by atoms with Crippen molar-refractivity contribution in [1.82, 2.24) is 39.0 Å². The number of fused-ring (bicyclic) bond motifs is 2. The normalized spacial score (nSPS) is 21.0. The first-order valence-electron chi connectivity index (χ1n) is 23.1. The van der Waals surface area contributed by atoms with E-state index in [1.54, 1.807) is 63.7 Å². The second kappa shape index (κ2) is 23.6. The molecule has 72 heavy (non-hydrogen) atoms. The average Bonchev–Trinajstić information content (AvgIpc) is 4.18. The van der Waals surface area contributed by atoms with Crippen LogP contribution in [0.3, 0.4) is 0 Å². The Morgan fingerprint density at radius 2 is 1.31 bits per heavy atom. The predicted molar refractivity (Wildman–Crippen MR) is 261 cm³/mol. The summed E-state index contributed by atoms with van der Waals surface area (Å²) in [6.45, 7) is 13.9. The van der Waals surface area contributed by atoms with E-state index < -0.39 is 66.3 Å². The van der Waals surface area contributed by atoms with Crippen LogP contribution < -0.4 is 10.6 Å². The van der Waals surface area contributed by atoms with Crippen LogP contribution in [0.5, 0.6) is 0 Å². The summed E-state index contributed by atoms with van der Waals surface area (Å²) in [6.07, 6.45) is 0.513. The first-order chi connectivity index (χ1) is 34.7. The smallest absolute Gasteiger partial charge is 0.371 e. The second-order valence-corrected chi connectivity index (χ2v) is 20.9. The summed E-state index contributed by atoms with van der Waals surface area (Å²) < 4.78 is 85.7. The molecule has 2 aromatic carbocycles. The van der Waals surface area contributed by atoms with Crippen LogP contribution in [0.4, 0.5) is 11.6 Å². The van der Waals surface area contributed by atoms with Crippen LogP contribution in [0.25, 0.3) is 27.2 Å². The van der Waals surface area contributed by atoms with Crippen LogP contribution in [0.1, 0.15) is 73.7 Å². The molecule has 7 atom stereocenters. The number of imidazole rings is 2. The fourth-order valence-corrected chi connectivity index (χ4v) is 11.7. The molecule has 2 N–H and O–H groups in total. The van der Waals surface area contributed by atoms with E-state index in [1.807, 2.05) is 33.8 Å². The predicted octanol–water partition coefficient (Wildman–Crippen LogP) is 6.22. The summed E-state index contributed by atoms with van der Waals surface area (Å²) >= 11 is 0. The summed E-state index contributed by atoms with van der Waals surface area (Å²) in [5.41, 5.74) is 2.15. The van der Waals surface area contributed by atoms with Gasteiger partial charge in [0.2, 0.25) is 6.54 Å². The number of amides is 2. The molecule has 382 valence electrons. The number of anilines is 2. The van der Waals surface area contributed by atoms with Crippen molar-refractivity contribution in [2.75, 3.05) is 56.5 Å². The zero-order chi connectivity index (χ0) is 50.8. The lowest BCUT2D eigenvalue weighted by atomic mass is 10.2. The van der Waals surface area contributed by atoms with Crippen LogP contribution in [-0.2, 0) is 47.3 Å². The number of hydrogen-bond donors (Lipinski definition) is 2. The molecule has 0 aliphatic carbocycles. The quantitative estimate of drug-likeness (QED) is 0.0409. The molecule has 2 saturated heterocycles. The van der Waals surface area contributed by atoms with Gasteiger partial charge in [-0.25, -0.2) is 44.9 Å². The summed E-state index contributed by atoms with van der Waals surface area (Å²) in [7, 11) is -7.45. The van der Waals surface area contributed by atoms with E-state index in [2.05, 4.69) is 49.5 Å². The minimum absolute atomic E-state index is 0.00487. The third kappa shape index (κ3) is 12.7. The standard InChI is InChI=1S/C46H55N12O12PS/c1-29(2)64-23-35-34(22-38(68-35)58-28-53-40-42(49-26-51-44(40)58)55-46(60)32-15-11-8-12-16-32)70-71(65-18-17-47-5,56-72(61,62)20-19-63-6)66-24-36-33(67-30(3)4)21-37(69-36)57-27-52-39-41(48-25-50-43(39)57)54-45(59)31-13-9-7-10-14-31/h7-16,25-30,33-38H,17-24H2,1-4,6H3,(H,48,50,54,59)(H,49,51,55,60)/t33-,34-,35-,36-,37-,38-,71?/m1/s1. The van der Waals surface area contributed by atoms with Crippen molar-refractivity contribution in [2.24, 2.45) is 4.15 Å². The summed E-state index contributed by atoms with van der Waals surface area (Å²) in [5, 5.41) is 5.62. The average molecular weight is 1030 g/mol. The van der Waals surface area contributed by atoms with Crippen molar-refractivity contribution in [3.63, 3.8) is 0 Å². The largest absolute Gasteiger partial charge is 0.384 e. The van der Waals surface area contributed by atoms with Crippen LogP contribution in [0.2, 0.25) is 0 Å². The van der Waals surface area contributed by atoms with E-state index in [9.17, 15) is 18.0 Å². The SMILES string of the molecule is [C-]#[N+]CCOP(=NS(=O)(=O)CCOC)(OC[C@H]1O[C@@H](n2cnc3c(NC(=O)c4ccccc4)ncnc32)C[C@H]1OC(C)C)O[C@@H]1C[C@H](n2cnc3c(NC(=O)c4ccccc4)ncnc32)O[C@@H]1COC(C)C. The molecule has 0 saturated carbocycles. The highest BCUT2D eigenvalue weighted by molar-refractivity contribution is 7.93. The number of aromatic nitrogens is 8. The van der Waals surface area contributed by atoms with Crippen LogP contribution in [0.15, 0.2) is 90.1 Å². The molecular weight excluding hydrogens is 976 g/mol. The molecule has 6 aromatic rings. The maximum Gasteiger partial charge on any atom is 0.371 e. The van der Waals surface area contributed by atoms with Crippen LogP contribution in [-0.4, -0.2) is 142 Å². The van der Waals surface area contributed by atoms with E-state index >= 15 is 0 Å². The second-order valence-electron chi connectivity index (χ2n) is 17.1. The third-order valence-electron chi connectivity index (χ3n) is 11.2. The molecule has 0 bridgehead atoms. The van der Waals surface area contributed by atoms with E-state index in [-0.39, 0.29) is 81.1 Å². The summed E-state index contributed by atoms with van der Waals surface area (Å²) in [6, 6.07) is 17.3. The molecule has 4 aromatic heterocycles. The monoisotopic (exact) mass is 1030 g/mol. The van der Waals surface area contributed by atoms with Crippen LogP contribution in [0, 0.1) is 6.57 Å². The Morgan fingerprint density at radius 1 is 0.764 bits per heavy atom. The Hall–Kier alpha value is -6.17. The molecule has 2 aliphatic rings. The van der Waals surface area contributed by atoms with Gasteiger partial charge in [0.15, 0.2) is 34.0 Å². The molecule has 8 rings (SSSR count). The first-order valence-corrected chi connectivity index (χ1v) is 26.2. The maximum atomic E-state index is 13.9. The van der Waals surface area contributed by atoms with Gasteiger partial charge in [-0.2, -0.15) is 0 Å². The fourth-order valence-electron chi connectivity index (χ4n) is 7.87. The van der Waals surface area contributed by atoms with Gasteiger partial charge in [0, 0.05) is 31.1 Å². The Kier molecular flexibility index (Phi) is 17.1. The molecule has 6 heterocycles. The number of benzene rings is 2. The van der Waals surface area contributed by atoms with E-state index in [0.29, 0.717) is 27.9 Å². The first kappa shape index (κ1) is 52.2. The van der Waals surface area contributed by atoms with Crippen molar-refractivity contribution in [3.05, 3.63) is 109 Å². The van der Waals surface area contributed by atoms with Gasteiger partial charge >= 0.3 is 7.74 Å². The molecule has 2 amide bonds. The van der Waals surface area contributed by atoms with Crippen molar-refractivity contribution in [2.45, 2.75) is 89.6 Å². The lowest BCUT2D eigenvalue weighted by molar-refractivity contribution is -0.0807. The Labute approximate surface area is 415 Å². The van der Waals surface area contributed by atoms with Crippen molar-refractivity contribution in [3.8, 4) is 0 Å². The summed E-state index contributed by atoms with van der Waals surface area (Å²) in [5.74, 6) is -0.943. The highest BCUT2D eigenvalue weighted by atomic mass is 32.2. The number of methoxy groups -OCH3 is 1. The van der Waals surface area contributed by atoms with E-state index in [0.717, 1.165) is 0 Å². The number of carbonyl (C=O) groups excluding carboxylic acids is 2. The van der Waals surface area contributed by atoms with E-state index in [4.69, 9.17) is 43.8 Å². The van der Waals surface area contributed by atoms with Crippen LogP contribution >= 0.6 is 7.74 Å². The Morgan fingerprint density at radius 3 is 1.82 bits per heavy atom. The molecule has 26 heteroatoms. The van der Waals surface area contributed by atoms with Gasteiger partial charge in [0.25, 0.3) is 21.8 Å². The number of nitrogens with one attached hydrogen (secondary N) is 2. The maximum absolute atomic E-state index is 13.9. The number of ether oxygens (including phenoxy) is 5. The van der Waals surface area contributed by atoms with Gasteiger partial charge in [0.05, 0.1) is 56.5 Å². The zero-order valence-electron chi connectivity index (χ0n) is 40.1. The Bertz CT molecular complexity index is 3030. The van der Waals surface area contributed by atoms with Gasteiger partial charge in [-0.05, 0) is 52.0 Å². The highest BCUT2D eigenvalue weighted by Gasteiger charge is 2.46. The lowest BCUT2D eigenvalue weighted by Gasteiger charge is -2.29. The minimum Gasteiger partial charge on any atom is -0.384 e. The molecule has 2 fully saturated rings. The minimum atomic E-state index is -4.41. The molecule has 2 aliphatic heterocycles.